The minimum Gasteiger partial charge on any atom is -0.381 e. The molecular weight excluding hydrogens is 152 g/mol. The number of hydrogen-bond acceptors (Lipinski definition) is 1. The van der Waals surface area contributed by atoms with Crippen molar-refractivity contribution in [2.24, 2.45) is 0 Å². The minimum atomic E-state index is 0.0276. The Morgan fingerprint density at radius 1 is 1.08 bits per heavy atom. The summed E-state index contributed by atoms with van der Waals surface area (Å²) in [6, 6.07) is 0. The van der Waals surface area contributed by atoms with Crippen molar-refractivity contribution in [3.8, 4) is 0 Å². The van der Waals surface area contributed by atoms with E-state index >= 15 is 0 Å². The average Bonchev–Trinajstić information content (AvgIpc) is 2.10. The minimum absolute atomic E-state index is 0.0276. The topological polar surface area (TPSA) is 29.1 Å². The van der Waals surface area contributed by atoms with Gasteiger partial charge in [0.1, 0.15) is 0 Å². The van der Waals surface area contributed by atoms with Crippen molar-refractivity contribution in [1.82, 2.24) is 0 Å². The Morgan fingerprint density at radius 2 is 1.75 bits per heavy atom. The maximum atomic E-state index is 10.0. The van der Waals surface area contributed by atoms with E-state index < -0.39 is 0 Å². The molecule has 0 fully saturated rings. The zero-order chi connectivity index (χ0) is 9.07. The van der Waals surface area contributed by atoms with E-state index in [-0.39, 0.29) is 6.61 Å². The van der Waals surface area contributed by atoms with Crippen LogP contribution >= 0.6 is 0 Å². The van der Waals surface area contributed by atoms with E-state index in [0.717, 1.165) is 45.3 Å². The van der Waals surface area contributed by atoms with Crippen LogP contribution in [0.15, 0.2) is 12.7 Å². The van der Waals surface area contributed by atoms with Gasteiger partial charge in [-0.05, 0) is 32.1 Å². The summed E-state index contributed by atoms with van der Waals surface area (Å²) < 4.78 is 5.31. The van der Waals surface area contributed by atoms with Crippen LogP contribution in [0.2, 0.25) is 0 Å². The van der Waals surface area contributed by atoms with Crippen molar-refractivity contribution in [2.45, 2.75) is 32.1 Å². The average molecular weight is 171 g/mol. The number of unbranched alkanes of at least 4 members (excludes halogenated alkanes) is 3. The monoisotopic (exact) mass is 171 g/mol. The summed E-state index contributed by atoms with van der Waals surface area (Å²) in [7, 11) is 0. The van der Waals surface area contributed by atoms with Crippen LogP contribution in [0.5, 0.6) is 0 Å². The third kappa shape index (κ3) is 9.66. The molecule has 0 bridgehead atoms. The third-order valence-electron chi connectivity index (χ3n) is 1.63. The molecule has 2 heteroatoms. The predicted octanol–water partition coefficient (Wildman–Crippen LogP) is 2.57. The molecule has 12 heavy (non-hydrogen) atoms. The van der Waals surface area contributed by atoms with Crippen LogP contribution < -0.4 is 0 Å². The van der Waals surface area contributed by atoms with Crippen LogP contribution in [-0.2, 0) is 9.84 Å². The molecule has 71 valence electrons. The van der Waals surface area contributed by atoms with E-state index in [4.69, 9.17) is 4.74 Å². The molecule has 0 aliphatic rings. The number of ether oxygens (including phenoxy) is 1. The lowest BCUT2D eigenvalue weighted by Crippen LogP contribution is -1.97. The Labute approximate surface area is 75.2 Å². The first kappa shape index (κ1) is 11.7. The molecule has 0 unspecified atom stereocenters. The predicted molar refractivity (Wildman–Crippen MR) is 49.7 cm³/mol. The summed E-state index contributed by atoms with van der Waals surface area (Å²) in [6.45, 7) is 5.24. The van der Waals surface area contributed by atoms with E-state index in [2.05, 4.69) is 6.58 Å². The van der Waals surface area contributed by atoms with Crippen molar-refractivity contribution in [2.75, 3.05) is 19.8 Å². The maximum Gasteiger partial charge on any atom is 0.0823 e. The molecule has 0 saturated heterocycles. The molecule has 2 nitrogen and oxygen atoms in total. The van der Waals surface area contributed by atoms with Crippen LogP contribution in [0.1, 0.15) is 32.1 Å². The van der Waals surface area contributed by atoms with Gasteiger partial charge >= 0.3 is 0 Å². The summed E-state index contributed by atoms with van der Waals surface area (Å²) >= 11 is 0. The number of allylic oxidation sites excluding steroid dienone is 1. The summed E-state index contributed by atoms with van der Waals surface area (Å²) in [5.41, 5.74) is 0. The summed E-state index contributed by atoms with van der Waals surface area (Å²) in [4.78, 5) is 0. The van der Waals surface area contributed by atoms with E-state index in [1.54, 1.807) is 0 Å². The molecule has 0 aromatic carbocycles. The van der Waals surface area contributed by atoms with Gasteiger partial charge < -0.3 is 4.74 Å². The normalized spacial score (nSPS) is 10.1. The Morgan fingerprint density at radius 3 is 2.33 bits per heavy atom. The Hall–Kier alpha value is -0.340. The molecule has 0 saturated carbocycles. The first-order valence-electron chi connectivity index (χ1n) is 4.68. The molecule has 0 aromatic heterocycles. The first-order valence-corrected chi connectivity index (χ1v) is 4.68. The first-order chi connectivity index (χ1) is 5.91. The lowest BCUT2D eigenvalue weighted by Gasteiger charge is -2.01. The quantitative estimate of drug-likeness (QED) is 0.387. The van der Waals surface area contributed by atoms with Crippen molar-refractivity contribution in [3.05, 3.63) is 12.7 Å². The highest BCUT2D eigenvalue weighted by atomic mass is 16.5. The van der Waals surface area contributed by atoms with Gasteiger partial charge in [-0.25, -0.2) is 5.11 Å². The molecule has 0 aromatic rings. The van der Waals surface area contributed by atoms with Crippen LogP contribution in [-0.4, -0.2) is 19.8 Å². The Bertz CT molecular complexity index is 91.8. The fraction of sp³-hybridized carbons (Fsp3) is 0.800. The number of rotatable bonds is 9. The molecule has 0 atom stereocenters. The zero-order valence-electron chi connectivity index (χ0n) is 7.76. The van der Waals surface area contributed by atoms with Gasteiger partial charge in [-0.3, -0.25) is 0 Å². The van der Waals surface area contributed by atoms with Gasteiger partial charge in [0, 0.05) is 13.2 Å². The van der Waals surface area contributed by atoms with Crippen molar-refractivity contribution in [1.29, 1.82) is 0 Å². The van der Waals surface area contributed by atoms with Gasteiger partial charge in [-0.2, -0.15) is 0 Å². The lowest BCUT2D eigenvalue weighted by atomic mass is 10.2. The van der Waals surface area contributed by atoms with Gasteiger partial charge in [0.25, 0.3) is 0 Å². The van der Waals surface area contributed by atoms with Gasteiger partial charge in [0.2, 0.25) is 0 Å². The van der Waals surface area contributed by atoms with E-state index in [9.17, 15) is 5.11 Å². The van der Waals surface area contributed by atoms with Crippen LogP contribution in [0.3, 0.4) is 0 Å². The second kappa shape index (κ2) is 10.7. The van der Waals surface area contributed by atoms with E-state index in [1.165, 1.54) is 0 Å². The van der Waals surface area contributed by atoms with Gasteiger partial charge in [0.15, 0.2) is 0 Å². The molecule has 1 radical (unpaired) electrons. The summed E-state index contributed by atoms with van der Waals surface area (Å²) in [5, 5.41) is 10.0. The molecule has 0 N–H and O–H groups in total. The molecule has 0 heterocycles. The van der Waals surface area contributed by atoms with E-state index in [1.807, 2.05) is 6.08 Å². The Balaban J connectivity index is 2.77. The highest BCUT2D eigenvalue weighted by molar-refractivity contribution is 4.65. The third-order valence-corrected chi connectivity index (χ3v) is 1.63. The van der Waals surface area contributed by atoms with Gasteiger partial charge in [-0.15, -0.1) is 6.58 Å². The molecule has 0 aliphatic carbocycles. The zero-order valence-corrected chi connectivity index (χ0v) is 7.76. The second-order valence-electron chi connectivity index (χ2n) is 2.81. The fourth-order valence-electron chi connectivity index (χ4n) is 0.901. The van der Waals surface area contributed by atoms with Gasteiger partial charge in [0.05, 0.1) is 6.61 Å². The van der Waals surface area contributed by atoms with Crippen molar-refractivity contribution in [3.63, 3.8) is 0 Å². The fourth-order valence-corrected chi connectivity index (χ4v) is 0.901. The molecular formula is C10H19O2. The summed E-state index contributed by atoms with van der Waals surface area (Å²) in [5.74, 6) is 0. The maximum absolute atomic E-state index is 10.0. The van der Waals surface area contributed by atoms with Crippen LogP contribution in [0.25, 0.3) is 0 Å². The molecule has 0 spiro atoms. The highest BCUT2D eigenvalue weighted by Gasteiger charge is 1.89. The van der Waals surface area contributed by atoms with Crippen LogP contribution in [0.4, 0.5) is 0 Å². The SMILES string of the molecule is C=CCCCCOCCCC[O]. The Kier molecular flexibility index (Phi) is 10.4. The molecule has 0 rings (SSSR count). The lowest BCUT2D eigenvalue weighted by molar-refractivity contribution is 0.114. The number of hydrogen-bond donors (Lipinski definition) is 0. The van der Waals surface area contributed by atoms with Crippen molar-refractivity contribution < 1.29 is 9.84 Å². The van der Waals surface area contributed by atoms with Crippen LogP contribution in [0, 0.1) is 0 Å². The second-order valence-corrected chi connectivity index (χ2v) is 2.81. The highest BCUT2D eigenvalue weighted by Crippen LogP contribution is 1.97. The van der Waals surface area contributed by atoms with E-state index in [0.29, 0.717) is 0 Å². The smallest absolute Gasteiger partial charge is 0.0823 e. The molecule has 0 amide bonds. The molecule has 0 aliphatic heterocycles. The summed E-state index contributed by atoms with van der Waals surface area (Å²) in [6.07, 6.45) is 6.91. The van der Waals surface area contributed by atoms with Crippen molar-refractivity contribution >= 4 is 0 Å². The van der Waals surface area contributed by atoms with Gasteiger partial charge in [-0.1, -0.05) is 6.08 Å². The largest absolute Gasteiger partial charge is 0.381 e. The standard InChI is InChI=1S/C10H19O2/c1-2-3-4-6-9-12-10-7-5-8-11/h2H,1,3-10H2.